The van der Waals surface area contributed by atoms with Gasteiger partial charge in [-0.25, -0.2) is 4.39 Å². The van der Waals surface area contributed by atoms with E-state index in [1.165, 1.54) is 23.1 Å². The minimum atomic E-state index is -0.472. The van der Waals surface area contributed by atoms with Gasteiger partial charge in [-0.2, -0.15) is 0 Å². The number of amides is 2. The number of carbonyl (C=O) groups is 2. The van der Waals surface area contributed by atoms with Crippen molar-refractivity contribution in [2.45, 2.75) is 6.54 Å². The van der Waals surface area contributed by atoms with Gasteiger partial charge in [-0.1, -0.05) is 24.3 Å². The fraction of sp³-hybridized carbons (Fsp3) is 0.125. The lowest BCUT2D eigenvalue weighted by Crippen LogP contribution is -2.35. The molecule has 0 radical (unpaired) electrons. The average Bonchev–Trinajstić information content (AvgIpc) is 2.64. The van der Waals surface area contributed by atoms with Gasteiger partial charge in [0, 0.05) is 17.8 Å². The molecule has 3 rings (SSSR count). The van der Waals surface area contributed by atoms with E-state index in [4.69, 9.17) is 0 Å². The monoisotopic (exact) mass is 284 g/mol. The van der Waals surface area contributed by atoms with E-state index in [0.717, 1.165) is 5.56 Å². The third-order valence-electron chi connectivity index (χ3n) is 3.35. The SMILES string of the molecule is O=C1CN(C(=O)c2cccc(F)c2)Cc2ccccc2N1. The van der Waals surface area contributed by atoms with Crippen LogP contribution in [-0.2, 0) is 11.3 Å². The molecule has 5 heteroatoms. The molecule has 0 saturated carbocycles. The minimum absolute atomic E-state index is 0.0516. The van der Waals surface area contributed by atoms with E-state index in [0.29, 0.717) is 12.2 Å². The van der Waals surface area contributed by atoms with Crippen LogP contribution in [-0.4, -0.2) is 23.3 Å². The summed E-state index contributed by atoms with van der Waals surface area (Å²) in [7, 11) is 0. The fourth-order valence-electron chi connectivity index (χ4n) is 2.35. The van der Waals surface area contributed by atoms with Crippen LogP contribution in [0.2, 0.25) is 0 Å². The lowest BCUT2D eigenvalue weighted by molar-refractivity contribution is -0.116. The van der Waals surface area contributed by atoms with Crippen LogP contribution in [0.4, 0.5) is 10.1 Å². The molecule has 1 aliphatic rings. The maximum absolute atomic E-state index is 13.2. The maximum Gasteiger partial charge on any atom is 0.254 e. The standard InChI is InChI=1S/C16H13FN2O2/c17-13-6-3-5-11(8-13)16(21)19-9-12-4-1-2-7-14(12)18-15(20)10-19/h1-8H,9-10H2,(H,18,20). The van der Waals surface area contributed by atoms with Gasteiger partial charge >= 0.3 is 0 Å². The van der Waals surface area contributed by atoms with E-state index in [9.17, 15) is 14.0 Å². The summed E-state index contributed by atoms with van der Waals surface area (Å²) in [4.78, 5) is 25.7. The van der Waals surface area contributed by atoms with E-state index in [1.807, 2.05) is 18.2 Å². The van der Waals surface area contributed by atoms with Crippen LogP contribution < -0.4 is 5.32 Å². The predicted octanol–water partition coefficient (Wildman–Crippen LogP) is 2.42. The molecule has 0 spiro atoms. The van der Waals surface area contributed by atoms with Crippen molar-refractivity contribution < 1.29 is 14.0 Å². The number of fused-ring (bicyclic) bond motifs is 1. The van der Waals surface area contributed by atoms with Crippen molar-refractivity contribution in [2.24, 2.45) is 0 Å². The van der Waals surface area contributed by atoms with Gasteiger partial charge in [-0.3, -0.25) is 9.59 Å². The summed E-state index contributed by atoms with van der Waals surface area (Å²) < 4.78 is 13.2. The third-order valence-corrected chi connectivity index (χ3v) is 3.35. The Morgan fingerprint density at radius 2 is 1.90 bits per heavy atom. The molecular formula is C16H13FN2O2. The van der Waals surface area contributed by atoms with Crippen LogP contribution >= 0.6 is 0 Å². The van der Waals surface area contributed by atoms with E-state index >= 15 is 0 Å². The average molecular weight is 284 g/mol. The van der Waals surface area contributed by atoms with Gasteiger partial charge in [0.1, 0.15) is 12.4 Å². The molecule has 0 atom stereocenters. The molecule has 1 N–H and O–H groups in total. The first-order chi connectivity index (χ1) is 10.1. The first-order valence-electron chi connectivity index (χ1n) is 6.56. The summed E-state index contributed by atoms with van der Waals surface area (Å²) in [6.45, 7) is 0.258. The molecule has 106 valence electrons. The number of carbonyl (C=O) groups excluding carboxylic acids is 2. The van der Waals surface area contributed by atoms with Crippen molar-refractivity contribution in [3.8, 4) is 0 Å². The summed E-state index contributed by atoms with van der Waals surface area (Å²) in [5.74, 6) is -1.09. The lowest BCUT2D eigenvalue weighted by atomic mass is 10.1. The Bertz CT molecular complexity index is 715. The van der Waals surface area contributed by atoms with Crippen molar-refractivity contribution in [1.29, 1.82) is 0 Å². The molecule has 0 aromatic heterocycles. The zero-order chi connectivity index (χ0) is 14.8. The molecule has 0 saturated heterocycles. The molecule has 2 aromatic carbocycles. The van der Waals surface area contributed by atoms with Crippen LogP contribution in [0, 0.1) is 5.82 Å². The number of anilines is 1. The molecular weight excluding hydrogens is 271 g/mol. The highest BCUT2D eigenvalue weighted by atomic mass is 19.1. The highest BCUT2D eigenvalue weighted by Crippen LogP contribution is 2.21. The number of nitrogens with zero attached hydrogens (tertiary/aromatic N) is 1. The summed E-state index contributed by atoms with van der Waals surface area (Å²) in [5.41, 5.74) is 1.80. The quantitative estimate of drug-likeness (QED) is 0.874. The number of hydrogen-bond donors (Lipinski definition) is 1. The summed E-state index contributed by atoms with van der Waals surface area (Å²) >= 11 is 0. The highest BCUT2D eigenvalue weighted by molar-refractivity contribution is 6.00. The van der Waals surface area contributed by atoms with Crippen molar-refractivity contribution in [3.05, 3.63) is 65.5 Å². The molecule has 1 aliphatic heterocycles. The lowest BCUT2D eigenvalue weighted by Gasteiger charge is -2.19. The zero-order valence-electron chi connectivity index (χ0n) is 11.2. The second-order valence-electron chi connectivity index (χ2n) is 4.88. The molecule has 4 nitrogen and oxygen atoms in total. The van der Waals surface area contributed by atoms with Crippen molar-refractivity contribution in [3.63, 3.8) is 0 Å². The molecule has 1 heterocycles. The Balaban J connectivity index is 1.92. The van der Waals surface area contributed by atoms with E-state index < -0.39 is 5.82 Å². The van der Waals surface area contributed by atoms with Crippen molar-refractivity contribution in [1.82, 2.24) is 4.90 Å². The Morgan fingerprint density at radius 3 is 2.71 bits per heavy atom. The van der Waals surface area contributed by atoms with Crippen LogP contribution in [0.25, 0.3) is 0 Å². The van der Waals surface area contributed by atoms with Crippen LogP contribution in [0.1, 0.15) is 15.9 Å². The normalized spacial score (nSPS) is 14.1. The maximum atomic E-state index is 13.2. The topological polar surface area (TPSA) is 49.4 Å². The van der Waals surface area contributed by atoms with E-state index in [-0.39, 0.29) is 23.9 Å². The number of rotatable bonds is 1. The number of para-hydroxylation sites is 1. The fourth-order valence-corrected chi connectivity index (χ4v) is 2.35. The van der Waals surface area contributed by atoms with Gasteiger partial charge in [0.05, 0.1) is 0 Å². The zero-order valence-corrected chi connectivity index (χ0v) is 11.2. The molecule has 2 aromatic rings. The molecule has 2 amide bonds. The predicted molar refractivity (Wildman–Crippen MR) is 76.2 cm³/mol. The van der Waals surface area contributed by atoms with Gasteiger partial charge < -0.3 is 10.2 Å². The van der Waals surface area contributed by atoms with E-state index in [1.54, 1.807) is 12.1 Å². The van der Waals surface area contributed by atoms with Gasteiger partial charge in [0.2, 0.25) is 5.91 Å². The van der Waals surface area contributed by atoms with Gasteiger partial charge in [0.15, 0.2) is 0 Å². The van der Waals surface area contributed by atoms with Crippen molar-refractivity contribution >= 4 is 17.5 Å². The Labute approximate surface area is 121 Å². The smallest absolute Gasteiger partial charge is 0.254 e. The van der Waals surface area contributed by atoms with Crippen molar-refractivity contribution in [2.75, 3.05) is 11.9 Å². The summed E-state index contributed by atoms with van der Waals surface area (Å²) in [6, 6.07) is 12.8. The van der Waals surface area contributed by atoms with Crippen LogP contribution in [0.15, 0.2) is 48.5 Å². The number of hydrogen-bond acceptors (Lipinski definition) is 2. The van der Waals surface area contributed by atoms with Crippen LogP contribution in [0.3, 0.4) is 0 Å². The summed E-state index contributed by atoms with van der Waals surface area (Å²) in [6.07, 6.45) is 0. The minimum Gasteiger partial charge on any atom is -0.325 e. The Hall–Kier alpha value is -2.69. The highest BCUT2D eigenvalue weighted by Gasteiger charge is 2.23. The van der Waals surface area contributed by atoms with Gasteiger partial charge in [-0.05, 0) is 29.8 Å². The number of benzene rings is 2. The molecule has 21 heavy (non-hydrogen) atoms. The van der Waals surface area contributed by atoms with Gasteiger partial charge in [0.25, 0.3) is 5.91 Å². The molecule has 0 bridgehead atoms. The third kappa shape index (κ3) is 2.76. The summed E-state index contributed by atoms with van der Waals surface area (Å²) in [5, 5.41) is 2.76. The second kappa shape index (κ2) is 5.36. The van der Waals surface area contributed by atoms with E-state index in [2.05, 4.69) is 5.32 Å². The first-order valence-corrected chi connectivity index (χ1v) is 6.56. The van der Waals surface area contributed by atoms with Gasteiger partial charge in [-0.15, -0.1) is 0 Å². The number of halogens is 1. The molecule has 0 unspecified atom stereocenters. The molecule has 0 aliphatic carbocycles. The Morgan fingerprint density at radius 1 is 1.10 bits per heavy atom. The second-order valence-corrected chi connectivity index (χ2v) is 4.88. The largest absolute Gasteiger partial charge is 0.325 e. The first kappa shape index (κ1) is 13.3. The Kier molecular flexibility index (Phi) is 3.39. The van der Waals surface area contributed by atoms with Crippen LogP contribution in [0.5, 0.6) is 0 Å². The molecule has 0 fully saturated rings. The number of nitrogens with one attached hydrogen (secondary N) is 1.